The van der Waals surface area contributed by atoms with E-state index in [4.69, 9.17) is 4.74 Å². The van der Waals surface area contributed by atoms with Crippen molar-refractivity contribution in [1.29, 1.82) is 0 Å². The lowest BCUT2D eigenvalue weighted by molar-refractivity contribution is 0.0827. The molecule has 1 aliphatic carbocycles. The van der Waals surface area contributed by atoms with Crippen molar-refractivity contribution in [2.24, 2.45) is 0 Å². The zero-order chi connectivity index (χ0) is 21.3. The third-order valence-corrected chi connectivity index (χ3v) is 5.27. The van der Waals surface area contributed by atoms with Crippen molar-refractivity contribution in [3.63, 3.8) is 0 Å². The van der Waals surface area contributed by atoms with Crippen LogP contribution in [0.5, 0.6) is 5.75 Å². The number of amides is 3. The van der Waals surface area contributed by atoms with Crippen molar-refractivity contribution >= 4 is 11.9 Å². The lowest BCUT2D eigenvalue weighted by atomic mass is 9.98. The summed E-state index contributed by atoms with van der Waals surface area (Å²) in [5, 5.41) is 5.72. The van der Waals surface area contributed by atoms with Gasteiger partial charge < -0.3 is 20.3 Å². The topological polar surface area (TPSA) is 70.7 Å². The molecule has 0 atom stereocenters. The molecule has 0 aliphatic heterocycles. The fourth-order valence-corrected chi connectivity index (χ4v) is 3.55. The molecular formula is C24H31N3O3. The molecule has 6 nitrogen and oxygen atoms in total. The lowest BCUT2D eigenvalue weighted by Crippen LogP contribution is -2.34. The van der Waals surface area contributed by atoms with Crippen LogP contribution < -0.4 is 15.4 Å². The summed E-state index contributed by atoms with van der Waals surface area (Å²) in [6.45, 7) is 0.830. The molecule has 0 saturated heterocycles. The summed E-state index contributed by atoms with van der Waals surface area (Å²) in [7, 11) is 3.44. The minimum atomic E-state index is -0.234. The van der Waals surface area contributed by atoms with Crippen LogP contribution in [0, 0.1) is 0 Å². The fraction of sp³-hybridized carbons (Fsp3) is 0.417. The van der Waals surface area contributed by atoms with E-state index < -0.39 is 0 Å². The van der Waals surface area contributed by atoms with E-state index in [0.29, 0.717) is 24.8 Å². The Kier molecular flexibility index (Phi) is 7.71. The van der Waals surface area contributed by atoms with Crippen molar-refractivity contribution < 1.29 is 14.3 Å². The van der Waals surface area contributed by atoms with Crippen LogP contribution in [0.2, 0.25) is 0 Å². The van der Waals surface area contributed by atoms with Crippen LogP contribution in [0.25, 0.3) is 0 Å². The van der Waals surface area contributed by atoms with Crippen LogP contribution >= 0.6 is 0 Å². The van der Waals surface area contributed by atoms with Gasteiger partial charge in [0.2, 0.25) is 0 Å². The molecule has 3 rings (SSSR count). The van der Waals surface area contributed by atoms with Gasteiger partial charge in [0.25, 0.3) is 5.91 Å². The van der Waals surface area contributed by atoms with Gasteiger partial charge in [-0.25, -0.2) is 4.79 Å². The zero-order valence-corrected chi connectivity index (χ0v) is 17.8. The van der Waals surface area contributed by atoms with Gasteiger partial charge in [-0.1, -0.05) is 30.7 Å². The van der Waals surface area contributed by atoms with E-state index in [9.17, 15) is 9.59 Å². The highest BCUT2D eigenvalue weighted by Crippen LogP contribution is 2.23. The van der Waals surface area contributed by atoms with Gasteiger partial charge in [-0.2, -0.15) is 0 Å². The first-order valence-electron chi connectivity index (χ1n) is 10.6. The first-order valence-corrected chi connectivity index (χ1v) is 10.6. The molecule has 30 heavy (non-hydrogen) atoms. The second-order valence-corrected chi connectivity index (χ2v) is 7.96. The number of ether oxygens (including phenoxy) is 1. The molecular weight excluding hydrogens is 378 g/mol. The van der Waals surface area contributed by atoms with E-state index in [2.05, 4.69) is 10.6 Å². The monoisotopic (exact) mass is 409 g/mol. The maximum absolute atomic E-state index is 12.1. The summed E-state index contributed by atoms with van der Waals surface area (Å²) in [6.07, 6.45) is 6.33. The molecule has 1 aliphatic rings. The maximum Gasteiger partial charge on any atom is 0.315 e. The number of carbonyl (C=O) groups is 2. The van der Waals surface area contributed by atoms with Crippen LogP contribution in [-0.2, 0) is 13.1 Å². The summed E-state index contributed by atoms with van der Waals surface area (Å²) >= 11 is 0. The third kappa shape index (κ3) is 6.51. The molecule has 2 N–H and O–H groups in total. The molecule has 0 heterocycles. The average Bonchev–Trinajstić information content (AvgIpc) is 2.77. The molecule has 1 saturated carbocycles. The Hall–Kier alpha value is -3.02. The highest BCUT2D eigenvalue weighted by Gasteiger charge is 2.15. The number of benzene rings is 2. The van der Waals surface area contributed by atoms with E-state index in [1.165, 1.54) is 24.2 Å². The first kappa shape index (κ1) is 21.7. The summed E-state index contributed by atoms with van der Waals surface area (Å²) in [5.74, 6) is 0.830. The number of urea groups is 1. The van der Waals surface area contributed by atoms with E-state index in [0.717, 1.165) is 29.7 Å². The molecule has 0 spiro atoms. The standard InChI is InChI=1S/C24H31N3O3/c1-27(2)23(28)20-13-11-18(12-14-20)16-25-24(29)26-17-19-7-6-10-22(15-19)30-21-8-4-3-5-9-21/h6-7,10-15,21H,3-5,8-9,16-17H2,1-2H3,(H2,25,26,29). The Bertz CT molecular complexity index is 843. The van der Waals surface area contributed by atoms with Crippen molar-refractivity contribution in [1.82, 2.24) is 15.5 Å². The van der Waals surface area contributed by atoms with Gasteiger partial charge in [0, 0.05) is 32.7 Å². The minimum absolute atomic E-state index is 0.0399. The van der Waals surface area contributed by atoms with Gasteiger partial charge >= 0.3 is 6.03 Å². The fourth-order valence-electron chi connectivity index (χ4n) is 3.55. The van der Waals surface area contributed by atoms with E-state index in [1.807, 2.05) is 36.4 Å². The van der Waals surface area contributed by atoms with Gasteiger partial charge in [0.15, 0.2) is 0 Å². The normalized spacial score (nSPS) is 14.1. The number of nitrogens with one attached hydrogen (secondary N) is 2. The quantitative estimate of drug-likeness (QED) is 0.723. The van der Waals surface area contributed by atoms with E-state index in [1.54, 1.807) is 26.2 Å². The zero-order valence-electron chi connectivity index (χ0n) is 17.8. The highest BCUT2D eigenvalue weighted by atomic mass is 16.5. The Labute approximate surface area is 178 Å². The van der Waals surface area contributed by atoms with Crippen LogP contribution in [0.1, 0.15) is 53.6 Å². The number of rotatable bonds is 7. The molecule has 2 aromatic carbocycles. The SMILES string of the molecule is CN(C)C(=O)c1ccc(CNC(=O)NCc2cccc(OC3CCCCC3)c2)cc1. The summed E-state index contributed by atoms with van der Waals surface area (Å²) in [5.41, 5.74) is 2.57. The predicted molar refractivity (Wildman–Crippen MR) is 117 cm³/mol. The van der Waals surface area contributed by atoms with Crippen LogP contribution in [-0.4, -0.2) is 37.0 Å². The van der Waals surface area contributed by atoms with Gasteiger partial charge in [-0.15, -0.1) is 0 Å². The Morgan fingerprint density at radius 2 is 1.60 bits per heavy atom. The molecule has 6 heteroatoms. The van der Waals surface area contributed by atoms with E-state index in [-0.39, 0.29) is 11.9 Å². The summed E-state index contributed by atoms with van der Waals surface area (Å²) in [4.78, 5) is 25.6. The first-order chi connectivity index (χ1) is 14.5. The molecule has 2 aromatic rings. The number of hydrogen-bond donors (Lipinski definition) is 2. The van der Waals surface area contributed by atoms with E-state index >= 15 is 0 Å². The van der Waals surface area contributed by atoms with Gasteiger partial charge in [0.05, 0.1) is 6.10 Å². The molecule has 3 amide bonds. The predicted octanol–water partition coefficient (Wildman–Crippen LogP) is 4.10. The number of hydrogen-bond acceptors (Lipinski definition) is 3. The molecule has 0 aromatic heterocycles. The second kappa shape index (κ2) is 10.7. The van der Waals surface area contributed by atoms with Crippen LogP contribution in [0.4, 0.5) is 4.79 Å². The molecule has 160 valence electrons. The third-order valence-electron chi connectivity index (χ3n) is 5.27. The second-order valence-electron chi connectivity index (χ2n) is 7.96. The lowest BCUT2D eigenvalue weighted by Gasteiger charge is -2.23. The van der Waals surface area contributed by atoms with Crippen LogP contribution in [0.15, 0.2) is 48.5 Å². The molecule has 0 unspecified atom stereocenters. The van der Waals surface area contributed by atoms with Gasteiger partial charge in [-0.3, -0.25) is 4.79 Å². The van der Waals surface area contributed by atoms with Crippen molar-refractivity contribution in [3.05, 3.63) is 65.2 Å². The Balaban J connectivity index is 1.43. The largest absolute Gasteiger partial charge is 0.490 e. The maximum atomic E-state index is 12.1. The molecule has 1 fully saturated rings. The number of carbonyl (C=O) groups excluding carboxylic acids is 2. The van der Waals surface area contributed by atoms with Crippen LogP contribution in [0.3, 0.4) is 0 Å². The Morgan fingerprint density at radius 1 is 0.933 bits per heavy atom. The average molecular weight is 410 g/mol. The van der Waals surface area contributed by atoms with Crippen molar-refractivity contribution in [2.75, 3.05) is 14.1 Å². The summed E-state index contributed by atoms with van der Waals surface area (Å²) in [6, 6.07) is 14.9. The Morgan fingerprint density at radius 3 is 2.27 bits per heavy atom. The van der Waals surface area contributed by atoms with Crippen molar-refractivity contribution in [3.8, 4) is 5.75 Å². The smallest absolute Gasteiger partial charge is 0.315 e. The van der Waals surface area contributed by atoms with Gasteiger partial charge in [0.1, 0.15) is 5.75 Å². The molecule has 0 bridgehead atoms. The molecule has 0 radical (unpaired) electrons. The highest BCUT2D eigenvalue weighted by molar-refractivity contribution is 5.93. The summed E-state index contributed by atoms with van der Waals surface area (Å²) < 4.78 is 6.09. The minimum Gasteiger partial charge on any atom is -0.490 e. The number of nitrogens with zero attached hydrogens (tertiary/aromatic N) is 1. The van der Waals surface area contributed by atoms with Gasteiger partial charge in [-0.05, 0) is 61.1 Å². The van der Waals surface area contributed by atoms with Crippen molar-refractivity contribution in [2.45, 2.75) is 51.3 Å².